The van der Waals surface area contributed by atoms with Gasteiger partial charge in [0.15, 0.2) is 0 Å². The Kier molecular flexibility index (Phi) is 3.28. The molecule has 1 rings (SSSR count). The number of hydrazine groups is 1. The van der Waals surface area contributed by atoms with E-state index in [4.69, 9.17) is 5.73 Å². The van der Waals surface area contributed by atoms with Gasteiger partial charge >= 0.3 is 6.03 Å². The maximum absolute atomic E-state index is 10.3. The number of benzene rings is 1. The first-order valence-electron chi connectivity index (χ1n) is 4.03. The van der Waals surface area contributed by atoms with Crippen molar-refractivity contribution in [1.29, 1.82) is 0 Å². The molecule has 4 nitrogen and oxygen atoms in total. The number of primary amides is 1. The highest BCUT2D eigenvalue weighted by molar-refractivity contribution is 5.70. The fraction of sp³-hybridized carbons (Fsp3) is 0.222. The summed E-state index contributed by atoms with van der Waals surface area (Å²) in [4.78, 5) is 10.3. The van der Waals surface area contributed by atoms with Gasteiger partial charge in [-0.2, -0.15) is 0 Å². The molecule has 0 aliphatic rings. The highest BCUT2D eigenvalue weighted by Crippen LogP contribution is 2.05. The molecule has 0 aromatic heterocycles. The molecule has 0 saturated carbocycles. The SMILES string of the molecule is Cc1ccccc1CNNC(N)=O. The minimum absolute atomic E-state index is 0.575. The minimum Gasteiger partial charge on any atom is -0.351 e. The van der Waals surface area contributed by atoms with Crippen LogP contribution in [0.2, 0.25) is 0 Å². The molecule has 70 valence electrons. The second-order valence-corrected chi connectivity index (χ2v) is 2.77. The van der Waals surface area contributed by atoms with Crippen molar-refractivity contribution < 1.29 is 4.79 Å². The van der Waals surface area contributed by atoms with Crippen LogP contribution in [0.25, 0.3) is 0 Å². The van der Waals surface area contributed by atoms with Gasteiger partial charge < -0.3 is 5.73 Å². The first-order chi connectivity index (χ1) is 6.20. The number of urea groups is 1. The van der Waals surface area contributed by atoms with Crippen LogP contribution in [-0.4, -0.2) is 6.03 Å². The van der Waals surface area contributed by atoms with Gasteiger partial charge in [0.2, 0.25) is 0 Å². The molecule has 0 spiro atoms. The summed E-state index contributed by atoms with van der Waals surface area (Å²) in [6.45, 7) is 2.59. The highest BCUT2D eigenvalue weighted by Gasteiger charge is 1.95. The number of carbonyl (C=O) groups is 1. The predicted octanol–water partition coefficient (Wildman–Crippen LogP) is 0.668. The second-order valence-electron chi connectivity index (χ2n) is 2.77. The van der Waals surface area contributed by atoms with Crippen molar-refractivity contribution in [3.8, 4) is 0 Å². The van der Waals surface area contributed by atoms with Crippen molar-refractivity contribution in [2.24, 2.45) is 5.73 Å². The Morgan fingerprint density at radius 2 is 2.15 bits per heavy atom. The lowest BCUT2D eigenvalue weighted by Gasteiger charge is -2.06. The van der Waals surface area contributed by atoms with Crippen LogP contribution in [-0.2, 0) is 6.54 Å². The lowest BCUT2D eigenvalue weighted by Crippen LogP contribution is -2.40. The van der Waals surface area contributed by atoms with Crippen LogP contribution < -0.4 is 16.6 Å². The largest absolute Gasteiger partial charge is 0.351 e. The summed E-state index contributed by atoms with van der Waals surface area (Å²) in [6.07, 6.45) is 0. The summed E-state index contributed by atoms with van der Waals surface area (Å²) in [5.74, 6) is 0. The van der Waals surface area contributed by atoms with Gasteiger partial charge in [0.25, 0.3) is 0 Å². The van der Waals surface area contributed by atoms with E-state index >= 15 is 0 Å². The van der Waals surface area contributed by atoms with Gasteiger partial charge in [-0.3, -0.25) is 5.43 Å². The number of carbonyl (C=O) groups excluding carboxylic acids is 1. The van der Waals surface area contributed by atoms with Crippen molar-refractivity contribution in [3.63, 3.8) is 0 Å². The van der Waals surface area contributed by atoms with Gasteiger partial charge in [-0.1, -0.05) is 24.3 Å². The average molecular weight is 179 g/mol. The van der Waals surface area contributed by atoms with E-state index in [-0.39, 0.29) is 0 Å². The molecule has 0 bridgehead atoms. The zero-order chi connectivity index (χ0) is 9.68. The Balaban J connectivity index is 2.45. The number of nitrogens with two attached hydrogens (primary N) is 1. The van der Waals surface area contributed by atoms with Gasteiger partial charge in [0.1, 0.15) is 0 Å². The molecular weight excluding hydrogens is 166 g/mol. The number of hydrogen-bond acceptors (Lipinski definition) is 2. The Morgan fingerprint density at radius 3 is 2.77 bits per heavy atom. The third-order valence-electron chi connectivity index (χ3n) is 1.75. The van der Waals surface area contributed by atoms with Gasteiger partial charge in [0, 0.05) is 6.54 Å². The summed E-state index contributed by atoms with van der Waals surface area (Å²) < 4.78 is 0. The third kappa shape index (κ3) is 3.13. The molecular formula is C9H13N3O. The van der Waals surface area contributed by atoms with E-state index in [0.29, 0.717) is 6.54 Å². The predicted molar refractivity (Wildman–Crippen MR) is 50.7 cm³/mol. The number of rotatable bonds is 3. The van der Waals surface area contributed by atoms with Gasteiger partial charge in [-0.25, -0.2) is 10.2 Å². The lowest BCUT2D eigenvalue weighted by molar-refractivity contribution is 0.244. The van der Waals surface area contributed by atoms with Crippen molar-refractivity contribution in [2.45, 2.75) is 13.5 Å². The zero-order valence-corrected chi connectivity index (χ0v) is 7.50. The first kappa shape index (κ1) is 9.54. The molecule has 0 aliphatic heterocycles. The van der Waals surface area contributed by atoms with Crippen LogP contribution in [0.5, 0.6) is 0 Å². The number of nitrogens with one attached hydrogen (secondary N) is 2. The Bertz CT molecular complexity index is 299. The number of aryl methyl sites for hydroxylation is 1. The third-order valence-corrected chi connectivity index (χ3v) is 1.75. The summed E-state index contributed by atoms with van der Waals surface area (Å²) in [5.41, 5.74) is 12.2. The summed E-state index contributed by atoms with van der Waals surface area (Å²) in [6, 6.07) is 7.36. The average Bonchev–Trinajstić information content (AvgIpc) is 2.08. The van der Waals surface area contributed by atoms with Crippen LogP contribution >= 0.6 is 0 Å². The zero-order valence-electron chi connectivity index (χ0n) is 7.50. The maximum atomic E-state index is 10.3. The van der Waals surface area contributed by atoms with Crippen molar-refractivity contribution in [2.75, 3.05) is 0 Å². The molecule has 4 heteroatoms. The monoisotopic (exact) mass is 179 g/mol. The van der Waals surface area contributed by atoms with Gasteiger partial charge in [-0.05, 0) is 18.1 Å². The molecule has 13 heavy (non-hydrogen) atoms. The van der Waals surface area contributed by atoms with Crippen LogP contribution in [0, 0.1) is 6.92 Å². The van der Waals surface area contributed by atoms with E-state index in [1.54, 1.807) is 0 Å². The van der Waals surface area contributed by atoms with E-state index in [1.165, 1.54) is 5.56 Å². The quantitative estimate of drug-likeness (QED) is 0.597. The Labute approximate surface area is 77.1 Å². The van der Waals surface area contributed by atoms with Crippen molar-refractivity contribution in [3.05, 3.63) is 35.4 Å². The molecule has 0 fully saturated rings. The molecule has 0 unspecified atom stereocenters. The molecule has 0 heterocycles. The fourth-order valence-corrected chi connectivity index (χ4v) is 1.03. The molecule has 0 radical (unpaired) electrons. The fourth-order valence-electron chi connectivity index (χ4n) is 1.03. The van der Waals surface area contributed by atoms with E-state index in [2.05, 4.69) is 10.9 Å². The Morgan fingerprint density at radius 1 is 1.46 bits per heavy atom. The molecule has 1 aromatic rings. The normalized spacial score (nSPS) is 9.62. The molecule has 0 aliphatic carbocycles. The molecule has 1 aromatic carbocycles. The van der Waals surface area contributed by atoms with E-state index < -0.39 is 6.03 Å². The van der Waals surface area contributed by atoms with Crippen LogP contribution in [0.15, 0.2) is 24.3 Å². The first-order valence-corrected chi connectivity index (χ1v) is 4.03. The summed E-state index contributed by atoms with van der Waals surface area (Å²) >= 11 is 0. The topological polar surface area (TPSA) is 67.2 Å². The van der Waals surface area contributed by atoms with Crippen molar-refractivity contribution >= 4 is 6.03 Å². The standard InChI is InChI=1S/C9H13N3O/c1-7-4-2-3-5-8(7)6-11-12-9(10)13/h2-5,11H,6H2,1H3,(H3,10,12,13). The molecule has 4 N–H and O–H groups in total. The van der Waals surface area contributed by atoms with Crippen LogP contribution in [0.3, 0.4) is 0 Å². The van der Waals surface area contributed by atoms with Crippen LogP contribution in [0.1, 0.15) is 11.1 Å². The summed E-state index contributed by atoms with van der Waals surface area (Å²) in [5, 5.41) is 0. The van der Waals surface area contributed by atoms with Gasteiger partial charge in [-0.15, -0.1) is 0 Å². The van der Waals surface area contributed by atoms with Crippen LogP contribution in [0.4, 0.5) is 4.79 Å². The lowest BCUT2D eigenvalue weighted by atomic mass is 10.1. The number of hydrogen-bond donors (Lipinski definition) is 3. The van der Waals surface area contributed by atoms with E-state index in [9.17, 15) is 4.79 Å². The second kappa shape index (κ2) is 4.47. The molecule has 2 amide bonds. The molecule has 0 atom stereocenters. The van der Waals surface area contributed by atoms with E-state index in [0.717, 1.165) is 5.56 Å². The minimum atomic E-state index is -0.575. The Hall–Kier alpha value is -1.55. The summed E-state index contributed by atoms with van der Waals surface area (Å²) in [7, 11) is 0. The number of amides is 2. The van der Waals surface area contributed by atoms with E-state index in [1.807, 2.05) is 31.2 Å². The molecule has 0 saturated heterocycles. The highest BCUT2D eigenvalue weighted by atomic mass is 16.2. The van der Waals surface area contributed by atoms with Gasteiger partial charge in [0.05, 0.1) is 0 Å². The maximum Gasteiger partial charge on any atom is 0.326 e. The van der Waals surface area contributed by atoms with Crippen molar-refractivity contribution in [1.82, 2.24) is 10.9 Å². The smallest absolute Gasteiger partial charge is 0.326 e.